The lowest BCUT2D eigenvalue weighted by Gasteiger charge is -2.60. The van der Waals surface area contributed by atoms with Gasteiger partial charge in [-0.05, 0) is 78.1 Å². The molecule has 0 bridgehead atoms. The predicted molar refractivity (Wildman–Crippen MR) is 143 cm³/mol. The van der Waals surface area contributed by atoms with Crippen LogP contribution < -0.4 is 0 Å². The van der Waals surface area contributed by atoms with E-state index in [4.69, 9.17) is 9.47 Å². The van der Waals surface area contributed by atoms with Crippen LogP contribution >= 0.6 is 0 Å². The quantitative estimate of drug-likeness (QED) is 0.362. The molecule has 1 aliphatic heterocycles. The van der Waals surface area contributed by atoms with Crippen molar-refractivity contribution < 1.29 is 29.0 Å². The van der Waals surface area contributed by atoms with Crippen molar-refractivity contribution in [3.8, 4) is 0 Å². The standard InChI is InChI=1S/C32H44O6/c1-17(2)18(3)27(35)28(36)19(4)26-23(38-21(6)33)15-30(8)24-10-9-22-20(5)37-25(34)11-12-31(22)16-32(24,31)14-13-29(26,30)7/h11-12,17,19,22-24,26,28,36H,3,5,9-10,13-16H2,1-2,4,6-8H3. The Morgan fingerprint density at radius 2 is 1.84 bits per heavy atom. The van der Waals surface area contributed by atoms with Crippen molar-refractivity contribution in [2.75, 3.05) is 0 Å². The third-order valence-corrected chi connectivity index (χ3v) is 12.2. The molecule has 1 heterocycles. The van der Waals surface area contributed by atoms with Gasteiger partial charge in [0.2, 0.25) is 0 Å². The normalized spacial score (nSPS) is 44.5. The highest BCUT2D eigenvalue weighted by molar-refractivity contribution is 5.98. The summed E-state index contributed by atoms with van der Waals surface area (Å²) in [4.78, 5) is 37.7. The zero-order valence-electron chi connectivity index (χ0n) is 23.8. The Morgan fingerprint density at radius 1 is 1.16 bits per heavy atom. The minimum absolute atomic E-state index is 0.0490. The smallest absolute Gasteiger partial charge is 0.335 e. The Balaban J connectivity index is 1.53. The average molecular weight is 525 g/mol. The van der Waals surface area contributed by atoms with Crippen molar-refractivity contribution >= 4 is 17.7 Å². The molecule has 6 heteroatoms. The van der Waals surface area contributed by atoms with Gasteiger partial charge in [-0.2, -0.15) is 0 Å². The summed E-state index contributed by atoms with van der Waals surface area (Å²) in [6.07, 6.45) is 7.66. The van der Waals surface area contributed by atoms with Crippen LogP contribution in [0.5, 0.6) is 0 Å². The number of allylic oxidation sites excluding steroid dienone is 2. The number of carbonyl (C=O) groups is 3. The fourth-order valence-corrected chi connectivity index (χ4v) is 10.1. The van der Waals surface area contributed by atoms with E-state index in [0.717, 1.165) is 32.1 Å². The van der Waals surface area contributed by atoms with E-state index in [2.05, 4.69) is 33.1 Å². The number of cyclic esters (lactones) is 1. The van der Waals surface area contributed by atoms with E-state index in [-0.39, 0.29) is 63.2 Å². The van der Waals surface area contributed by atoms with Crippen LogP contribution in [-0.2, 0) is 23.9 Å². The number of rotatable bonds is 6. The second kappa shape index (κ2) is 8.64. The van der Waals surface area contributed by atoms with Crippen molar-refractivity contribution in [2.24, 2.45) is 51.2 Å². The monoisotopic (exact) mass is 524 g/mol. The molecule has 6 nitrogen and oxygen atoms in total. The minimum atomic E-state index is -1.19. The van der Waals surface area contributed by atoms with Crippen molar-refractivity contribution in [3.63, 3.8) is 0 Å². The number of hydrogen-bond acceptors (Lipinski definition) is 6. The summed E-state index contributed by atoms with van der Waals surface area (Å²) in [5.41, 5.74) is -0.0386. The molecule has 5 aliphatic rings. The highest BCUT2D eigenvalue weighted by atomic mass is 16.5. The molecule has 4 aliphatic carbocycles. The SMILES string of the molecule is C=C(C(=O)C(O)C(C)C1C(OC(C)=O)CC2(C)C3CCC4C(=C)OC(=O)C=CC45CC35CCC12C)C(C)C. The number of esters is 2. The highest BCUT2D eigenvalue weighted by Gasteiger charge is 2.81. The summed E-state index contributed by atoms with van der Waals surface area (Å²) in [5, 5.41) is 11.3. The lowest BCUT2D eigenvalue weighted by Crippen LogP contribution is -2.55. The summed E-state index contributed by atoms with van der Waals surface area (Å²) in [7, 11) is 0. The molecule has 10 atom stereocenters. The summed E-state index contributed by atoms with van der Waals surface area (Å²) in [6, 6.07) is 0. The number of ketones is 1. The van der Waals surface area contributed by atoms with Crippen molar-refractivity contribution in [1.29, 1.82) is 0 Å². The Hall–Kier alpha value is -2.21. The summed E-state index contributed by atoms with van der Waals surface area (Å²) in [6.45, 7) is 19.9. The minimum Gasteiger partial charge on any atom is -0.462 e. The number of fused-ring (bicyclic) bond motifs is 2. The number of aliphatic hydroxyl groups excluding tert-OH is 1. The number of Topliss-reactive ketones (excluding diaryl/α,β-unsaturated/α-hetero) is 1. The van der Waals surface area contributed by atoms with Gasteiger partial charge in [-0.1, -0.05) is 53.9 Å². The fourth-order valence-electron chi connectivity index (χ4n) is 10.1. The van der Waals surface area contributed by atoms with Crippen molar-refractivity contribution in [3.05, 3.63) is 36.6 Å². The molecule has 0 saturated heterocycles. The van der Waals surface area contributed by atoms with Gasteiger partial charge in [0.25, 0.3) is 0 Å². The lowest BCUT2D eigenvalue weighted by atomic mass is 9.44. The van der Waals surface area contributed by atoms with Gasteiger partial charge < -0.3 is 14.6 Å². The number of aliphatic hydroxyl groups is 1. The first-order valence-corrected chi connectivity index (χ1v) is 14.3. The second-order valence-electron chi connectivity index (χ2n) is 13.8. The maximum absolute atomic E-state index is 13.2. The Labute approximate surface area is 226 Å². The van der Waals surface area contributed by atoms with Gasteiger partial charge in [-0.3, -0.25) is 9.59 Å². The average Bonchev–Trinajstić information content (AvgIpc) is 3.48. The third kappa shape index (κ3) is 3.44. The van der Waals surface area contributed by atoms with Crippen molar-refractivity contribution in [1.82, 2.24) is 0 Å². The van der Waals surface area contributed by atoms with Crippen LogP contribution in [0.4, 0.5) is 0 Å². The summed E-state index contributed by atoms with van der Waals surface area (Å²) < 4.78 is 11.5. The van der Waals surface area contributed by atoms with Crippen LogP contribution in [0.25, 0.3) is 0 Å². The molecule has 4 fully saturated rings. The molecule has 0 radical (unpaired) electrons. The van der Waals surface area contributed by atoms with E-state index in [1.54, 1.807) is 6.08 Å². The molecule has 0 aromatic heterocycles. The van der Waals surface area contributed by atoms with E-state index in [1.165, 1.54) is 6.92 Å². The maximum Gasteiger partial charge on any atom is 0.335 e. The molecule has 2 spiro atoms. The Morgan fingerprint density at radius 3 is 2.47 bits per heavy atom. The van der Waals surface area contributed by atoms with Crippen LogP contribution in [-0.4, -0.2) is 35.0 Å². The van der Waals surface area contributed by atoms with E-state index in [1.807, 2.05) is 20.8 Å². The zero-order chi connectivity index (χ0) is 28.0. The van der Waals surface area contributed by atoms with Crippen molar-refractivity contribution in [2.45, 2.75) is 92.3 Å². The van der Waals surface area contributed by atoms with Crippen LogP contribution in [0.2, 0.25) is 0 Å². The number of ether oxygens (including phenoxy) is 2. The fraction of sp³-hybridized carbons (Fsp3) is 0.719. The Kier molecular flexibility index (Phi) is 6.22. The molecule has 1 N–H and O–H groups in total. The van der Waals surface area contributed by atoms with Gasteiger partial charge in [0, 0.05) is 30.3 Å². The maximum atomic E-state index is 13.2. The third-order valence-electron chi connectivity index (χ3n) is 12.2. The van der Waals surface area contributed by atoms with Gasteiger partial charge in [0.15, 0.2) is 5.78 Å². The molecular formula is C32H44O6. The first-order chi connectivity index (χ1) is 17.6. The highest BCUT2D eigenvalue weighted by Crippen LogP contribution is 2.87. The number of carbonyl (C=O) groups excluding carboxylic acids is 3. The van der Waals surface area contributed by atoms with E-state index >= 15 is 0 Å². The first-order valence-electron chi connectivity index (χ1n) is 14.3. The lowest BCUT2D eigenvalue weighted by molar-refractivity contribution is -0.154. The van der Waals surface area contributed by atoms with Gasteiger partial charge in [-0.15, -0.1) is 0 Å². The molecule has 10 unspecified atom stereocenters. The van der Waals surface area contributed by atoms with E-state index < -0.39 is 12.0 Å². The number of hydrogen-bond donors (Lipinski definition) is 1. The van der Waals surface area contributed by atoms with Crippen LogP contribution in [0.15, 0.2) is 36.6 Å². The predicted octanol–water partition coefficient (Wildman–Crippen LogP) is 5.55. The Bertz CT molecular complexity index is 1130. The summed E-state index contributed by atoms with van der Waals surface area (Å²) >= 11 is 0. The molecule has 208 valence electrons. The van der Waals surface area contributed by atoms with Crippen LogP contribution in [0, 0.1) is 51.2 Å². The van der Waals surface area contributed by atoms with E-state index in [0.29, 0.717) is 23.7 Å². The topological polar surface area (TPSA) is 89.9 Å². The van der Waals surface area contributed by atoms with Gasteiger partial charge in [-0.25, -0.2) is 4.79 Å². The molecule has 0 amide bonds. The molecule has 38 heavy (non-hydrogen) atoms. The summed E-state index contributed by atoms with van der Waals surface area (Å²) in [5.74, 6) is -0.488. The molecular weight excluding hydrogens is 480 g/mol. The largest absolute Gasteiger partial charge is 0.462 e. The van der Waals surface area contributed by atoms with E-state index in [9.17, 15) is 19.5 Å². The zero-order valence-corrected chi connectivity index (χ0v) is 23.8. The molecule has 0 aromatic carbocycles. The molecule has 5 rings (SSSR count). The van der Waals surface area contributed by atoms with Gasteiger partial charge in [0.05, 0.1) is 0 Å². The first kappa shape index (κ1) is 27.4. The van der Waals surface area contributed by atoms with Crippen LogP contribution in [0.3, 0.4) is 0 Å². The van der Waals surface area contributed by atoms with Crippen LogP contribution in [0.1, 0.15) is 80.1 Å². The second-order valence-corrected chi connectivity index (χ2v) is 13.8. The molecule has 0 aromatic rings. The molecule has 4 saturated carbocycles. The van der Waals surface area contributed by atoms with Gasteiger partial charge >= 0.3 is 11.9 Å². The van der Waals surface area contributed by atoms with Gasteiger partial charge in [0.1, 0.15) is 18.0 Å².